The van der Waals surface area contributed by atoms with Gasteiger partial charge in [0.2, 0.25) is 5.91 Å². The molecule has 1 atom stereocenters. The Balaban J connectivity index is 1.44. The number of nitrogens with one attached hydrogen (secondary N) is 2. The number of rotatable bonds is 3. The lowest BCUT2D eigenvalue weighted by atomic mass is 9.89. The molecule has 2 heterocycles. The van der Waals surface area contributed by atoms with Crippen molar-refractivity contribution in [2.24, 2.45) is 0 Å². The highest BCUT2D eigenvalue weighted by Crippen LogP contribution is 2.40. The number of hydrogen-bond acceptors (Lipinski definition) is 3. The molecule has 6 heteroatoms. The van der Waals surface area contributed by atoms with Gasteiger partial charge in [0.1, 0.15) is 11.4 Å². The van der Waals surface area contributed by atoms with E-state index in [1.807, 2.05) is 29.2 Å². The van der Waals surface area contributed by atoms with E-state index in [2.05, 4.69) is 49.6 Å². The van der Waals surface area contributed by atoms with Crippen LogP contribution in [0.2, 0.25) is 0 Å². The van der Waals surface area contributed by atoms with Crippen molar-refractivity contribution >= 4 is 34.6 Å². The molecule has 0 aromatic heterocycles. The topological polar surface area (TPSA) is 53.6 Å². The Bertz CT molecular complexity index is 940. The monoisotopic (exact) mass is 409 g/mol. The molecule has 0 radical (unpaired) electrons. The van der Waals surface area contributed by atoms with Crippen LogP contribution in [-0.4, -0.2) is 23.2 Å². The van der Waals surface area contributed by atoms with Crippen LogP contribution < -0.4 is 20.3 Å². The molecule has 0 aliphatic carbocycles. The number of hydrogen-bond donors (Lipinski definition) is 2. The molecule has 0 bridgehead atoms. The summed E-state index contributed by atoms with van der Waals surface area (Å²) in [5.74, 6) is 1.11. The third-order valence-corrected chi connectivity index (χ3v) is 5.66. The highest BCUT2D eigenvalue weighted by molar-refractivity contribution is 7.80. The number of thiocarbonyl (C=S) groups is 1. The molecule has 2 N–H and O–H groups in total. The molecule has 2 aromatic carbocycles. The summed E-state index contributed by atoms with van der Waals surface area (Å²) in [7, 11) is 0. The van der Waals surface area contributed by atoms with E-state index in [9.17, 15) is 4.79 Å². The Morgan fingerprint density at radius 2 is 1.97 bits per heavy atom. The highest BCUT2D eigenvalue weighted by atomic mass is 32.1. The predicted molar refractivity (Wildman–Crippen MR) is 121 cm³/mol. The van der Waals surface area contributed by atoms with Crippen molar-refractivity contribution in [1.82, 2.24) is 5.32 Å². The number of carbonyl (C=O) groups excluding carboxylic acids is 1. The summed E-state index contributed by atoms with van der Waals surface area (Å²) in [4.78, 5) is 13.7. The quantitative estimate of drug-likeness (QED) is 0.719. The van der Waals surface area contributed by atoms with Gasteiger partial charge in [-0.3, -0.25) is 4.79 Å². The minimum absolute atomic E-state index is 0.0795. The van der Waals surface area contributed by atoms with Crippen LogP contribution >= 0.6 is 12.2 Å². The van der Waals surface area contributed by atoms with Gasteiger partial charge in [-0.25, -0.2) is 0 Å². The van der Waals surface area contributed by atoms with Gasteiger partial charge < -0.3 is 20.3 Å². The fraction of sp³-hybridized carbons (Fsp3) is 0.391. The first-order valence-electron chi connectivity index (χ1n) is 10.1. The molecule has 5 nitrogen and oxygen atoms in total. The number of benzene rings is 2. The number of ether oxygens (including phenoxy) is 1. The number of anilines is 2. The van der Waals surface area contributed by atoms with Crippen molar-refractivity contribution in [2.75, 3.05) is 16.8 Å². The Morgan fingerprint density at radius 1 is 1.21 bits per heavy atom. The van der Waals surface area contributed by atoms with Crippen LogP contribution in [0.4, 0.5) is 11.4 Å². The van der Waals surface area contributed by atoms with E-state index in [-0.39, 0.29) is 17.6 Å². The van der Waals surface area contributed by atoms with E-state index in [1.54, 1.807) is 0 Å². The molecule has 1 amide bonds. The maximum atomic E-state index is 11.9. The minimum atomic E-state index is -0.266. The van der Waals surface area contributed by atoms with E-state index in [1.165, 1.54) is 5.56 Å². The molecular formula is C23H27N3O2S. The second kappa shape index (κ2) is 7.67. The average molecular weight is 410 g/mol. The number of aryl methyl sites for hydroxylation is 1. The molecule has 4 rings (SSSR count). The maximum Gasteiger partial charge on any atom is 0.227 e. The third kappa shape index (κ3) is 4.37. The van der Waals surface area contributed by atoms with Crippen LogP contribution in [-0.2, 0) is 4.79 Å². The summed E-state index contributed by atoms with van der Waals surface area (Å²) < 4.78 is 6.16. The van der Waals surface area contributed by atoms with Crippen molar-refractivity contribution in [2.45, 2.75) is 51.7 Å². The average Bonchev–Trinajstić information content (AvgIpc) is 3.07. The van der Waals surface area contributed by atoms with E-state index in [0.717, 1.165) is 42.1 Å². The summed E-state index contributed by atoms with van der Waals surface area (Å²) in [6.07, 6.45) is 2.38. The molecule has 0 spiro atoms. The summed E-state index contributed by atoms with van der Waals surface area (Å²) in [5, 5.41) is 7.29. The van der Waals surface area contributed by atoms with Crippen LogP contribution in [0.15, 0.2) is 42.5 Å². The second-order valence-electron chi connectivity index (χ2n) is 8.45. The number of fused-ring (bicyclic) bond motifs is 1. The van der Waals surface area contributed by atoms with Crippen molar-refractivity contribution < 1.29 is 9.53 Å². The first-order valence-corrected chi connectivity index (χ1v) is 10.5. The van der Waals surface area contributed by atoms with Gasteiger partial charge in [0, 0.05) is 36.3 Å². The fourth-order valence-electron chi connectivity index (χ4n) is 4.06. The van der Waals surface area contributed by atoms with Crippen molar-refractivity contribution in [3.05, 3.63) is 53.6 Å². The zero-order chi connectivity index (χ0) is 20.6. The second-order valence-corrected chi connectivity index (χ2v) is 8.86. The molecule has 0 unspecified atom stereocenters. The van der Waals surface area contributed by atoms with Crippen LogP contribution in [0.3, 0.4) is 0 Å². The summed E-state index contributed by atoms with van der Waals surface area (Å²) in [6, 6.07) is 14.2. The summed E-state index contributed by atoms with van der Waals surface area (Å²) in [6.45, 7) is 7.06. The lowest BCUT2D eigenvalue weighted by molar-refractivity contribution is -0.117. The van der Waals surface area contributed by atoms with E-state index >= 15 is 0 Å². The van der Waals surface area contributed by atoms with Gasteiger partial charge in [-0.05, 0) is 75.3 Å². The molecule has 1 saturated heterocycles. The number of nitrogens with zero attached hydrogens (tertiary/aromatic N) is 1. The van der Waals surface area contributed by atoms with Gasteiger partial charge in [-0.1, -0.05) is 12.1 Å². The molecule has 1 fully saturated rings. The van der Waals surface area contributed by atoms with Gasteiger partial charge in [0.25, 0.3) is 0 Å². The van der Waals surface area contributed by atoms with Gasteiger partial charge >= 0.3 is 0 Å². The maximum absolute atomic E-state index is 11.9. The van der Waals surface area contributed by atoms with Crippen LogP contribution in [0.25, 0.3) is 0 Å². The van der Waals surface area contributed by atoms with E-state index in [4.69, 9.17) is 17.0 Å². The van der Waals surface area contributed by atoms with Crippen molar-refractivity contribution in [1.29, 1.82) is 0 Å². The fourth-order valence-corrected chi connectivity index (χ4v) is 4.32. The zero-order valence-corrected chi connectivity index (χ0v) is 17.9. The smallest absolute Gasteiger partial charge is 0.227 e. The molecular weight excluding hydrogens is 382 g/mol. The Kier molecular flexibility index (Phi) is 5.21. The first kappa shape index (κ1) is 19.7. The number of carbonyl (C=O) groups is 1. The third-order valence-electron chi connectivity index (χ3n) is 5.44. The molecule has 0 saturated carbocycles. The lowest BCUT2D eigenvalue weighted by Crippen LogP contribution is -2.42. The Hall–Kier alpha value is -2.60. The molecule has 29 heavy (non-hydrogen) atoms. The molecule has 2 aliphatic heterocycles. The van der Waals surface area contributed by atoms with Crippen LogP contribution in [0, 0.1) is 6.92 Å². The van der Waals surface area contributed by atoms with E-state index < -0.39 is 0 Å². The van der Waals surface area contributed by atoms with Crippen molar-refractivity contribution in [3.8, 4) is 5.75 Å². The molecule has 2 aliphatic rings. The predicted octanol–water partition coefficient (Wildman–Crippen LogP) is 4.71. The van der Waals surface area contributed by atoms with E-state index in [0.29, 0.717) is 11.5 Å². The van der Waals surface area contributed by atoms with Crippen molar-refractivity contribution in [3.63, 3.8) is 0 Å². The normalized spacial score (nSPS) is 20.0. The lowest BCUT2D eigenvalue weighted by Gasteiger charge is -2.38. The number of amides is 1. The van der Waals surface area contributed by atoms with Gasteiger partial charge in [0.05, 0.1) is 6.04 Å². The SMILES string of the molecule is Cc1ccc2c(c1)OC(C)(C)C[C@H]2NC(=S)Nc1ccc(N2CCCC2=O)cc1. The van der Waals surface area contributed by atoms with Crippen LogP contribution in [0.5, 0.6) is 5.75 Å². The van der Waals surface area contributed by atoms with Gasteiger partial charge in [0.15, 0.2) is 5.11 Å². The minimum Gasteiger partial charge on any atom is -0.487 e. The zero-order valence-electron chi connectivity index (χ0n) is 17.1. The molecule has 152 valence electrons. The van der Waals surface area contributed by atoms with Gasteiger partial charge in [-0.2, -0.15) is 0 Å². The standard InChI is InChI=1S/C23H27N3O2S/c1-15-6-11-18-19(14-23(2,3)28-20(18)13-15)25-22(29)24-16-7-9-17(10-8-16)26-12-4-5-21(26)27/h6-11,13,19H,4-5,12,14H2,1-3H3,(H2,24,25,29)/t19-/m1/s1. The summed E-state index contributed by atoms with van der Waals surface area (Å²) >= 11 is 5.58. The largest absolute Gasteiger partial charge is 0.487 e. The Morgan fingerprint density at radius 3 is 2.66 bits per heavy atom. The van der Waals surface area contributed by atoms with Gasteiger partial charge in [-0.15, -0.1) is 0 Å². The summed E-state index contributed by atoms with van der Waals surface area (Å²) in [5.41, 5.74) is 3.87. The van der Waals surface area contributed by atoms with Crippen LogP contribution in [0.1, 0.15) is 50.3 Å². The Labute approximate surface area is 177 Å². The highest BCUT2D eigenvalue weighted by Gasteiger charge is 2.34. The first-order chi connectivity index (χ1) is 13.8. The molecule has 2 aromatic rings.